The quantitative estimate of drug-likeness (QED) is 0.537. The van der Waals surface area contributed by atoms with E-state index in [-0.39, 0.29) is 5.91 Å². The molecular weight excluding hydrogens is 477 g/mol. The van der Waals surface area contributed by atoms with Gasteiger partial charge in [-0.05, 0) is 84.2 Å². The highest BCUT2D eigenvalue weighted by atomic mass is 127. The third-order valence-corrected chi connectivity index (χ3v) is 6.03. The van der Waals surface area contributed by atoms with Crippen molar-refractivity contribution in [2.45, 2.75) is 26.3 Å². The molecule has 2 N–H and O–H groups in total. The summed E-state index contributed by atoms with van der Waals surface area (Å²) in [6.07, 6.45) is 3.86. The van der Waals surface area contributed by atoms with Crippen molar-refractivity contribution in [3.05, 3.63) is 62.5 Å². The lowest BCUT2D eigenvalue weighted by molar-refractivity contribution is 0.0732. The second-order valence-corrected chi connectivity index (χ2v) is 8.66. The highest BCUT2D eigenvalue weighted by molar-refractivity contribution is 14.1. The Labute approximate surface area is 182 Å². The maximum Gasteiger partial charge on any atom is 0.255 e. The number of benzene rings is 1. The summed E-state index contributed by atoms with van der Waals surface area (Å²) in [5, 5.41) is 9.87. The van der Waals surface area contributed by atoms with Gasteiger partial charge in [0, 0.05) is 21.7 Å². The zero-order chi connectivity index (χ0) is 20.5. The number of nitrogens with zero attached hydrogens (tertiary/aromatic N) is 4. The minimum atomic E-state index is -0.0103. The first-order chi connectivity index (χ1) is 13.9. The van der Waals surface area contributed by atoms with E-state index in [0.717, 1.165) is 38.6 Å². The largest absolute Gasteiger partial charge is 0.383 e. The summed E-state index contributed by atoms with van der Waals surface area (Å²) < 4.78 is 0.851. The van der Waals surface area contributed by atoms with Gasteiger partial charge in [-0.25, -0.2) is 4.98 Å². The molecule has 146 valence electrons. The zero-order valence-electron chi connectivity index (χ0n) is 16.0. The normalized spacial score (nSPS) is 13.3. The molecule has 2 aromatic heterocycles. The highest BCUT2D eigenvalue weighted by Crippen LogP contribution is 2.31. The predicted molar refractivity (Wildman–Crippen MR) is 120 cm³/mol. The zero-order valence-corrected chi connectivity index (χ0v) is 18.2. The number of nitrogens with two attached hydrogens (primary N) is 1. The fraction of sp³-hybridized carbons (Fsp3) is 0.273. The van der Waals surface area contributed by atoms with Gasteiger partial charge in [-0.3, -0.25) is 9.78 Å². The van der Waals surface area contributed by atoms with Crippen LogP contribution in [0.2, 0.25) is 0 Å². The number of aryl methyl sites for hydroxylation is 1. The molecule has 0 bridgehead atoms. The van der Waals surface area contributed by atoms with Gasteiger partial charge < -0.3 is 10.6 Å². The standard InChI is InChI=1S/C22H20IN5O/c1-13-6-16-7-18(19(23)8-20(16)27-21(13)25)22(29)28(11-14-2-3-14)12-17-5-4-15(9-24)10-26-17/h4-8,10,14H,2-3,11-12H2,1H3,(H2,25,27). The molecule has 3 aromatic rings. The number of halogens is 1. The van der Waals surface area contributed by atoms with Gasteiger partial charge in [0.15, 0.2) is 0 Å². The topological polar surface area (TPSA) is 95.9 Å². The van der Waals surface area contributed by atoms with Crippen LogP contribution in [0.15, 0.2) is 36.5 Å². The van der Waals surface area contributed by atoms with Crippen LogP contribution in [0.1, 0.15) is 40.0 Å². The van der Waals surface area contributed by atoms with Crippen molar-refractivity contribution >= 4 is 45.2 Å². The molecule has 1 saturated carbocycles. The molecule has 7 heteroatoms. The molecule has 1 aliphatic rings. The Morgan fingerprint density at radius 1 is 1.34 bits per heavy atom. The molecular formula is C22H20IN5O. The van der Waals surface area contributed by atoms with E-state index in [1.165, 1.54) is 0 Å². The summed E-state index contributed by atoms with van der Waals surface area (Å²) in [7, 11) is 0. The third kappa shape index (κ3) is 4.32. The number of nitrogen functional groups attached to an aromatic ring is 1. The van der Waals surface area contributed by atoms with Crippen molar-refractivity contribution in [1.82, 2.24) is 14.9 Å². The SMILES string of the molecule is Cc1cc2cc(C(=O)N(Cc3ccc(C#N)cn3)CC3CC3)c(I)cc2nc1N. The summed E-state index contributed by atoms with van der Waals surface area (Å²) in [4.78, 5) is 24.1. The Balaban J connectivity index is 1.66. The Morgan fingerprint density at radius 2 is 2.14 bits per heavy atom. The molecule has 0 spiro atoms. The van der Waals surface area contributed by atoms with Crippen LogP contribution in [-0.2, 0) is 6.54 Å². The van der Waals surface area contributed by atoms with Crippen molar-refractivity contribution in [2.24, 2.45) is 5.92 Å². The lowest BCUT2D eigenvalue weighted by Gasteiger charge is -2.23. The van der Waals surface area contributed by atoms with Crippen LogP contribution in [0.4, 0.5) is 5.82 Å². The van der Waals surface area contributed by atoms with Crippen molar-refractivity contribution in [2.75, 3.05) is 12.3 Å². The Kier molecular flexibility index (Phi) is 5.37. The van der Waals surface area contributed by atoms with Crippen molar-refractivity contribution in [3.8, 4) is 6.07 Å². The maximum atomic E-state index is 13.4. The number of amides is 1. The number of carbonyl (C=O) groups excluding carboxylic acids is 1. The predicted octanol–water partition coefficient (Wildman–Crippen LogP) is 4.05. The molecule has 0 radical (unpaired) electrons. The molecule has 6 nitrogen and oxygen atoms in total. The summed E-state index contributed by atoms with van der Waals surface area (Å²) in [5.74, 6) is 1.05. The Bertz CT molecular complexity index is 1130. The molecule has 1 amide bonds. The molecule has 0 unspecified atom stereocenters. The second-order valence-electron chi connectivity index (χ2n) is 7.49. The minimum Gasteiger partial charge on any atom is -0.383 e. The number of pyridine rings is 2. The summed E-state index contributed by atoms with van der Waals surface area (Å²) >= 11 is 2.19. The lowest BCUT2D eigenvalue weighted by atomic mass is 10.1. The lowest BCUT2D eigenvalue weighted by Crippen LogP contribution is -2.33. The fourth-order valence-corrected chi connectivity index (χ4v) is 3.94. The van der Waals surface area contributed by atoms with E-state index < -0.39 is 0 Å². The average molecular weight is 497 g/mol. The smallest absolute Gasteiger partial charge is 0.255 e. The van der Waals surface area contributed by atoms with Gasteiger partial charge in [-0.15, -0.1) is 0 Å². The van der Waals surface area contributed by atoms with Crippen LogP contribution < -0.4 is 5.73 Å². The molecule has 0 atom stereocenters. The van der Waals surface area contributed by atoms with Crippen molar-refractivity contribution in [1.29, 1.82) is 5.26 Å². The van der Waals surface area contributed by atoms with Gasteiger partial charge in [0.25, 0.3) is 5.91 Å². The minimum absolute atomic E-state index is 0.0103. The number of anilines is 1. The number of nitriles is 1. The van der Waals surface area contributed by atoms with E-state index in [0.29, 0.717) is 36.0 Å². The maximum absolute atomic E-state index is 13.4. The van der Waals surface area contributed by atoms with Gasteiger partial charge in [0.2, 0.25) is 0 Å². The second kappa shape index (κ2) is 7.95. The molecule has 1 fully saturated rings. The first-order valence-corrected chi connectivity index (χ1v) is 10.5. The summed E-state index contributed by atoms with van der Waals surface area (Å²) in [6.45, 7) is 3.05. The van der Waals surface area contributed by atoms with Crippen LogP contribution in [0, 0.1) is 27.7 Å². The van der Waals surface area contributed by atoms with E-state index in [4.69, 9.17) is 11.0 Å². The van der Waals surface area contributed by atoms with E-state index in [1.807, 2.05) is 36.1 Å². The highest BCUT2D eigenvalue weighted by Gasteiger charge is 2.28. The van der Waals surface area contributed by atoms with E-state index in [2.05, 4.69) is 38.6 Å². The van der Waals surface area contributed by atoms with E-state index in [9.17, 15) is 4.79 Å². The number of carbonyl (C=O) groups is 1. The van der Waals surface area contributed by atoms with Gasteiger partial charge in [0.05, 0.1) is 28.9 Å². The molecule has 0 aliphatic heterocycles. The molecule has 1 aromatic carbocycles. The number of hydrogen-bond donors (Lipinski definition) is 1. The number of rotatable bonds is 5. The van der Waals surface area contributed by atoms with Crippen LogP contribution in [0.5, 0.6) is 0 Å². The summed E-state index contributed by atoms with van der Waals surface area (Å²) in [6, 6.07) is 11.4. The van der Waals surface area contributed by atoms with Gasteiger partial charge in [-0.1, -0.05) is 0 Å². The fourth-order valence-electron chi connectivity index (χ4n) is 3.26. The third-order valence-electron chi connectivity index (χ3n) is 5.13. The first-order valence-electron chi connectivity index (χ1n) is 9.45. The monoisotopic (exact) mass is 497 g/mol. The Morgan fingerprint density at radius 3 is 2.79 bits per heavy atom. The molecule has 2 heterocycles. The molecule has 1 aliphatic carbocycles. The van der Waals surface area contributed by atoms with Crippen LogP contribution in [0.3, 0.4) is 0 Å². The average Bonchev–Trinajstić information content (AvgIpc) is 3.52. The van der Waals surface area contributed by atoms with Crippen molar-refractivity contribution < 1.29 is 4.79 Å². The van der Waals surface area contributed by atoms with Crippen LogP contribution in [0.25, 0.3) is 10.9 Å². The molecule has 29 heavy (non-hydrogen) atoms. The first kappa shape index (κ1) is 19.6. The summed E-state index contributed by atoms with van der Waals surface area (Å²) in [5.41, 5.74) is 9.58. The van der Waals surface area contributed by atoms with Gasteiger partial charge in [0.1, 0.15) is 11.9 Å². The number of aromatic nitrogens is 2. The van der Waals surface area contributed by atoms with Gasteiger partial charge in [-0.2, -0.15) is 5.26 Å². The van der Waals surface area contributed by atoms with E-state index in [1.54, 1.807) is 12.3 Å². The van der Waals surface area contributed by atoms with Crippen LogP contribution >= 0.6 is 22.6 Å². The van der Waals surface area contributed by atoms with E-state index >= 15 is 0 Å². The number of fused-ring (bicyclic) bond motifs is 1. The van der Waals surface area contributed by atoms with Crippen molar-refractivity contribution in [3.63, 3.8) is 0 Å². The number of hydrogen-bond acceptors (Lipinski definition) is 5. The van der Waals surface area contributed by atoms with Gasteiger partial charge >= 0.3 is 0 Å². The van der Waals surface area contributed by atoms with Crippen LogP contribution in [-0.4, -0.2) is 27.3 Å². The Hall–Kier alpha value is -2.73. The molecule has 4 rings (SSSR count). The molecule has 0 saturated heterocycles.